The number of carbonyl (C=O) groups is 1. The Labute approximate surface area is 213 Å². The van der Waals surface area contributed by atoms with E-state index in [0.29, 0.717) is 0 Å². The average molecular weight is 551 g/mol. The van der Waals surface area contributed by atoms with E-state index in [0.717, 1.165) is 18.4 Å². The normalized spacial score (nSPS) is 14.3. The molecule has 0 bridgehead atoms. The number of hydrogen-bond donors (Lipinski definition) is 1. The summed E-state index contributed by atoms with van der Waals surface area (Å²) in [6.07, 6.45) is 1.47. The van der Waals surface area contributed by atoms with Gasteiger partial charge in [-0.3, -0.25) is 4.79 Å². The predicted molar refractivity (Wildman–Crippen MR) is 128 cm³/mol. The van der Waals surface area contributed by atoms with Crippen molar-refractivity contribution < 1.29 is 45.1 Å². The van der Waals surface area contributed by atoms with Gasteiger partial charge < -0.3 is 13.8 Å². The number of ether oxygens (including phenoxy) is 1. The van der Waals surface area contributed by atoms with E-state index in [1.54, 1.807) is 12.1 Å². The van der Waals surface area contributed by atoms with Crippen molar-refractivity contribution in [1.29, 1.82) is 0 Å². The lowest BCUT2D eigenvalue weighted by molar-refractivity contribution is -0.146. The highest BCUT2D eigenvalue weighted by Gasteiger charge is 2.38. The highest BCUT2D eigenvalue weighted by atomic mass is 31.2. The van der Waals surface area contributed by atoms with Gasteiger partial charge in [0.2, 0.25) is 34.8 Å². The molecule has 0 aliphatic rings. The van der Waals surface area contributed by atoms with Crippen LogP contribution in [0.4, 0.5) is 22.0 Å². The van der Waals surface area contributed by atoms with Crippen LogP contribution in [-0.4, -0.2) is 18.6 Å². The van der Waals surface area contributed by atoms with Crippen LogP contribution in [0.3, 0.4) is 0 Å². The molecule has 0 saturated heterocycles. The molecule has 0 aliphatic heterocycles. The summed E-state index contributed by atoms with van der Waals surface area (Å²) in [5.41, 5.74) is 0.612. The van der Waals surface area contributed by atoms with Crippen LogP contribution in [0.5, 0.6) is 11.5 Å². The third kappa shape index (κ3) is 7.68. The second kappa shape index (κ2) is 12.3. The van der Waals surface area contributed by atoms with Crippen molar-refractivity contribution in [3.05, 3.63) is 58.9 Å². The van der Waals surface area contributed by atoms with Crippen molar-refractivity contribution in [3.63, 3.8) is 0 Å². The van der Waals surface area contributed by atoms with Crippen LogP contribution in [0.25, 0.3) is 0 Å². The fraction of sp³-hybridized carbons (Fsp3) is 0.480. The maximum Gasteiger partial charge on any atom is 0.513 e. The molecule has 2 atom stereocenters. The van der Waals surface area contributed by atoms with Crippen LogP contribution in [0.15, 0.2) is 24.3 Å². The fourth-order valence-corrected chi connectivity index (χ4v) is 4.67. The molecule has 1 N–H and O–H groups in total. The molecular formula is C25H31F5NO5P. The van der Waals surface area contributed by atoms with E-state index >= 15 is 0 Å². The molecule has 0 heterocycles. The number of halogens is 5. The monoisotopic (exact) mass is 551 g/mol. The standard InChI is InChI=1S/C25H31F5NO5P/c1-7-15(8-2)13-34-24(32)14(3)31-37(33,35-17-11-9-16(10-12-17)25(4,5)6)36-23-21(29)19(27)18(26)20(28)22(23)30/h9-12,14-15H,7-8,13H2,1-6H3,(H,31,33)/t14-,37?/m0/s1. The Morgan fingerprint density at radius 1 is 0.892 bits per heavy atom. The van der Waals surface area contributed by atoms with E-state index < -0.39 is 54.6 Å². The zero-order valence-electron chi connectivity index (χ0n) is 21.5. The summed E-state index contributed by atoms with van der Waals surface area (Å²) < 4.78 is 98.4. The molecule has 6 nitrogen and oxygen atoms in total. The molecule has 206 valence electrons. The zero-order valence-corrected chi connectivity index (χ0v) is 22.4. The number of hydrogen-bond acceptors (Lipinski definition) is 5. The van der Waals surface area contributed by atoms with Crippen molar-refractivity contribution in [3.8, 4) is 11.5 Å². The predicted octanol–water partition coefficient (Wildman–Crippen LogP) is 7.20. The summed E-state index contributed by atoms with van der Waals surface area (Å²) in [6.45, 7) is 10.9. The lowest BCUT2D eigenvalue weighted by Crippen LogP contribution is -2.36. The Bertz CT molecular complexity index is 1120. The molecule has 12 heteroatoms. The summed E-state index contributed by atoms with van der Waals surface area (Å²) in [5, 5.41) is 2.17. The van der Waals surface area contributed by atoms with E-state index in [1.807, 2.05) is 34.6 Å². The lowest BCUT2D eigenvalue weighted by atomic mass is 9.87. The third-order valence-electron chi connectivity index (χ3n) is 5.65. The number of nitrogens with one attached hydrogen (secondary N) is 1. The first-order valence-corrected chi connectivity index (χ1v) is 13.2. The maximum atomic E-state index is 14.3. The minimum atomic E-state index is -4.99. The zero-order chi connectivity index (χ0) is 28.1. The molecule has 0 aliphatic carbocycles. The van der Waals surface area contributed by atoms with E-state index in [4.69, 9.17) is 13.8 Å². The van der Waals surface area contributed by atoms with Crippen molar-refractivity contribution >= 4 is 13.7 Å². The van der Waals surface area contributed by atoms with E-state index in [2.05, 4.69) is 5.09 Å². The van der Waals surface area contributed by atoms with Gasteiger partial charge in [0.1, 0.15) is 11.8 Å². The number of rotatable bonds is 11. The van der Waals surface area contributed by atoms with Gasteiger partial charge in [-0.15, -0.1) is 0 Å². The molecule has 0 radical (unpaired) electrons. The molecule has 0 aromatic heterocycles. The maximum absolute atomic E-state index is 14.3. The first-order valence-electron chi connectivity index (χ1n) is 11.7. The number of carbonyl (C=O) groups excluding carboxylic acids is 1. The Balaban J connectivity index is 2.41. The van der Waals surface area contributed by atoms with Crippen LogP contribution in [0, 0.1) is 35.0 Å². The van der Waals surface area contributed by atoms with Gasteiger partial charge in [0, 0.05) is 0 Å². The van der Waals surface area contributed by atoms with Crippen molar-refractivity contribution in [2.24, 2.45) is 5.92 Å². The smallest absolute Gasteiger partial charge is 0.464 e. The summed E-state index contributed by atoms with van der Waals surface area (Å²) in [5.74, 6) is -14.5. The molecule has 0 amide bonds. The molecule has 1 unspecified atom stereocenters. The van der Waals surface area contributed by atoms with Crippen molar-refractivity contribution in [2.75, 3.05) is 6.61 Å². The SMILES string of the molecule is CCC(CC)COC(=O)[C@H](C)NP(=O)(Oc1ccc(C(C)(C)C)cc1)Oc1c(F)c(F)c(F)c(F)c1F. The molecular weight excluding hydrogens is 520 g/mol. The molecule has 2 aromatic carbocycles. The largest absolute Gasteiger partial charge is 0.513 e. The molecule has 0 fully saturated rings. The minimum absolute atomic E-state index is 0.0653. The van der Waals surface area contributed by atoms with Gasteiger partial charge in [0.05, 0.1) is 6.61 Å². The average Bonchev–Trinajstić information content (AvgIpc) is 2.84. The van der Waals surface area contributed by atoms with Gasteiger partial charge in [-0.05, 0) is 36.0 Å². The van der Waals surface area contributed by atoms with Crippen molar-refractivity contribution in [1.82, 2.24) is 5.09 Å². The first kappa shape index (κ1) is 30.6. The van der Waals surface area contributed by atoms with Crippen LogP contribution < -0.4 is 14.1 Å². The summed E-state index contributed by atoms with van der Waals surface area (Å²) in [7, 11) is -4.99. The second-order valence-electron chi connectivity index (χ2n) is 9.52. The van der Waals surface area contributed by atoms with Crippen LogP contribution in [-0.2, 0) is 19.5 Å². The van der Waals surface area contributed by atoms with Crippen molar-refractivity contribution in [2.45, 2.75) is 65.8 Å². The third-order valence-corrected chi connectivity index (χ3v) is 7.23. The summed E-state index contributed by atoms with van der Waals surface area (Å²) >= 11 is 0. The lowest BCUT2D eigenvalue weighted by Gasteiger charge is -2.24. The Kier molecular flexibility index (Phi) is 10.1. The van der Waals surface area contributed by atoms with Crippen LogP contribution >= 0.6 is 7.75 Å². The molecule has 2 aromatic rings. The molecule has 0 saturated carbocycles. The topological polar surface area (TPSA) is 73.9 Å². The van der Waals surface area contributed by atoms with E-state index in [-0.39, 0.29) is 23.7 Å². The van der Waals surface area contributed by atoms with Gasteiger partial charge in [-0.25, -0.2) is 17.7 Å². The summed E-state index contributed by atoms with van der Waals surface area (Å²) in [4.78, 5) is 12.5. The second-order valence-corrected chi connectivity index (χ2v) is 11.1. The number of benzene rings is 2. The van der Waals surface area contributed by atoms with Gasteiger partial charge in [-0.1, -0.05) is 59.6 Å². The highest BCUT2D eigenvalue weighted by molar-refractivity contribution is 7.52. The highest BCUT2D eigenvalue weighted by Crippen LogP contribution is 2.48. The van der Waals surface area contributed by atoms with E-state index in [9.17, 15) is 31.3 Å². The van der Waals surface area contributed by atoms with Gasteiger partial charge >= 0.3 is 13.7 Å². The van der Waals surface area contributed by atoms with E-state index in [1.165, 1.54) is 19.1 Å². The van der Waals surface area contributed by atoms with Gasteiger partial charge in [0.25, 0.3) is 0 Å². The van der Waals surface area contributed by atoms with Crippen LogP contribution in [0.1, 0.15) is 59.9 Å². The van der Waals surface area contributed by atoms with Crippen LogP contribution in [0.2, 0.25) is 0 Å². The Morgan fingerprint density at radius 3 is 1.84 bits per heavy atom. The molecule has 37 heavy (non-hydrogen) atoms. The fourth-order valence-electron chi connectivity index (χ4n) is 3.15. The summed E-state index contributed by atoms with van der Waals surface area (Å²) in [6, 6.07) is 4.62. The van der Waals surface area contributed by atoms with Gasteiger partial charge in [0.15, 0.2) is 0 Å². The molecule has 2 rings (SSSR count). The van der Waals surface area contributed by atoms with Gasteiger partial charge in [-0.2, -0.15) is 13.9 Å². The Hall–Kier alpha value is -2.65. The Morgan fingerprint density at radius 2 is 1.38 bits per heavy atom. The minimum Gasteiger partial charge on any atom is -0.464 e. The first-order chi connectivity index (χ1) is 17.1. The number of esters is 1. The molecule has 0 spiro atoms. The quantitative estimate of drug-likeness (QED) is 0.105.